The molecule has 1 N–H and O–H groups in total. The van der Waals surface area contributed by atoms with Gasteiger partial charge in [0.1, 0.15) is 17.5 Å². The summed E-state index contributed by atoms with van der Waals surface area (Å²) in [7, 11) is 1.69. The summed E-state index contributed by atoms with van der Waals surface area (Å²) in [5.74, 6) is 1.45. The summed E-state index contributed by atoms with van der Waals surface area (Å²) >= 11 is 0. The molecule has 4 fully saturated rings. The van der Waals surface area contributed by atoms with E-state index in [-0.39, 0.29) is 41.0 Å². The van der Waals surface area contributed by atoms with Crippen molar-refractivity contribution < 1.29 is 19.0 Å². The average molecular weight is 386 g/mol. The monoisotopic (exact) mass is 385 g/mol. The Balaban J connectivity index is 1.30. The van der Waals surface area contributed by atoms with Gasteiger partial charge in [-0.15, -0.1) is 0 Å². The number of nitrogens with one attached hydrogen (secondary N) is 1. The van der Waals surface area contributed by atoms with Crippen LogP contribution in [0.3, 0.4) is 0 Å². The van der Waals surface area contributed by atoms with E-state index in [1.165, 1.54) is 19.3 Å². The van der Waals surface area contributed by atoms with Gasteiger partial charge in [-0.25, -0.2) is 0 Å². The fourth-order valence-corrected chi connectivity index (χ4v) is 6.68. The van der Waals surface area contributed by atoms with E-state index in [1.807, 2.05) is 18.2 Å². The molecule has 4 aliphatic rings. The van der Waals surface area contributed by atoms with Gasteiger partial charge in [-0.1, -0.05) is 38.5 Å². The van der Waals surface area contributed by atoms with Crippen molar-refractivity contribution in [2.45, 2.75) is 63.9 Å². The molecule has 2 saturated heterocycles. The summed E-state index contributed by atoms with van der Waals surface area (Å²) in [5.41, 5.74) is 1.22. The van der Waals surface area contributed by atoms with Gasteiger partial charge in [0.25, 0.3) is 0 Å². The number of carbonyl (C=O) groups excluding carboxylic acids is 1. The molecule has 1 spiro atoms. The van der Waals surface area contributed by atoms with Crippen LogP contribution in [0.15, 0.2) is 24.3 Å². The smallest absolute Gasteiger partial charge is 0.311 e. The molecule has 2 aliphatic heterocycles. The van der Waals surface area contributed by atoms with Crippen LogP contribution in [0, 0.1) is 23.2 Å². The van der Waals surface area contributed by atoms with Gasteiger partial charge in [0, 0.05) is 30.0 Å². The number of epoxide rings is 1. The summed E-state index contributed by atoms with van der Waals surface area (Å²) in [4.78, 5) is 12.7. The quantitative estimate of drug-likeness (QED) is 0.622. The lowest BCUT2D eigenvalue weighted by atomic mass is 9.53. The molecule has 1 aromatic carbocycles. The van der Waals surface area contributed by atoms with Crippen LogP contribution in [0.1, 0.15) is 45.1 Å². The van der Waals surface area contributed by atoms with Crippen molar-refractivity contribution in [2.75, 3.05) is 13.7 Å². The summed E-state index contributed by atoms with van der Waals surface area (Å²) < 4.78 is 17.8. The molecular weight excluding hydrogens is 354 g/mol. The third-order valence-electron chi connectivity index (χ3n) is 8.07. The molecule has 7 unspecified atom stereocenters. The molecule has 0 aromatic heterocycles. The van der Waals surface area contributed by atoms with Crippen molar-refractivity contribution in [3.05, 3.63) is 29.8 Å². The number of benzene rings is 1. The van der Waals surface area contributed by atoms with E-state index in [1.54, 1.807) is 7.11 Å². The molecule has 5 heteroatoms. The number of esters is 1. The molecule has 5 nitrogen and oxygen atoms in total. The van der Waals surface area contributed by atoms with Crippen molar-refractivity contribution in [2.24, 2.45) is 23.2 Å². The van der Waals surface area contributed by atoms with E-state index in [0.717, 1.165) is 17.7 Å². The van der Waals surface area contributed by atoms with E-state index in [4.69, 9.17) is 14.2 Å². The number of carbonyl (C=O) groups is 1. The Labute approximate surface area is 167 Å². The highest BCUT2D eigenvalue weighted by molar-refractivity contribution is 5.76. The summed E-state index contributed by atoms with van der Waals surface area (Å²) in [6, 6.07) is 7.99. The van der Waals surface area contributed by atoms with Gasteiger partial charge in [-0.3, -0.25) is 4.79 Å². The van der Waals surface area contributed by atoms with E-state index in [9.17, 15) is 4.79 Å². The average Bonchev–Trinajstić information content (AvgIpc) is 3.36. The minimum Gasteiger partial charge on any atom is -0.496 e. The number of para-hydroxylation sites is 1. The van der Waals surface area contributed by atoms with Crippen molar-refractivity contribution >= 4 is 5.97 Å². The SMILES string of the molecule is COc1ccccc1CNCC1C(=O)OC2CC3(C)CCCC(C)C34OC4C21. The predicted octanol–water partition coefficient (Wildman–Crippen LogP) is 3.31. The molecule has 0 radical (unpaired) electrons. The highest BCUT2D eigenvalue weighted by atomic mass is 16.6. The summed E-state index contributed by atoms with van der Waals surface area (Å²) in [5, 5.41) is 3.47. The third-order valence-corrected chi connectivity index (χ3v) is 8.07. The molecular formula is C23H31NO4. The topological polar surface area (TPSA) is 60.1 Å². The first-order valence-electron chi connectivity index (χ1n) is 10.7. The lowest BCUT2D eigenvalue weighted by molar-refractivity contribution is -0.146. The lowest BCUT2D eigenvalue weighted by Gasteiger charge is -2.48. The molecule has 0 amide bonds. The van der Waals surface area contributed by atoms with Crippen molar-refractivity contribution in [3.63, 3.8) is 0 Å². The van der Waals surface area contributed by atoms with Gasteiger partial charge in [-0.2, -0.15) is 0 Å². The van der Waals surface area contributed by atoms with Crippen LogP contribution in [0.2, 0.25) is 0 Å². The van der Waals surface area contributed by atoms with Crippen molar-refractivity contribution in [1.82, 2.24) is 5.32 Å². The van der Waals surface area contributed by atoms with Crippen LogP contribution in [0.4, 0.5) is 0 Å². The Morgan fingerprint density at radius 1 is 1.32 bits per heavy atom. The molecule has 2 saturated carbocycles. The highest BCUT2D eigenvalue weighted by Crippen LogP contribution is 2.70. The Bertz CT molecular complexity index is 782. The molecule has 2 aliphatic carbocycles. The maximum atomic E-state index is 12.7. The van der Waals surface area contributed by atoms with Gasteiger partial charge >= 0.3 is 5.97 Å². The number of hydrogen-bond donors (Lipinski definition) is 1. The van der Waals surface area contributed by atoms with Gasteiger partial charge in [0.2, 0.25) is 0 Å². The minimum absolute atomic E-state index is 0.0153. The van der Waals surface area contributed by atoms with Crippen molar-refractivity contribution in [3.8, 4) is 5.75 Å². The largest absolute Gasteiger partial charge is 0.496 e. The minimum atomic E-state index is -0.122. The molecule has 28 heavy (non-hydrogen) atoms. The fourth-order valence-electron chi connectivity index (χ4n) is 6.68. The first-order chi connectivity index (χ1) is 13.5. The Morgan fingerprint density at radius 3 is 2.96 bits per heavy atom. The lowest BCUT2D eigenvalue weighted by Crippen LogP contribution is -2.54. The third kappa shape index (κ3) is 2.48. The Kier molecular flexibility index (Phi) is 4.25. The molecule has 1 aromatic rings. The Hall–Kier alpha value is -1.59. The number of ether oxygens (including phenoxy) is 3. The van der Waals surface area contributed by atoms with Crippen LogP contribution < -0.4 is 10.1 Å². The van der Waals surface area contributed by atoms with E-state index < -0.39 is 0 Å². The van der Waals surface area contributed by atoms with Crippen molar-refractivity contribution in [1.29, 1.82) is 0 Å². The predicted molar refractivity (Wildman–Crippen MR) is 105 cm³/mol. The summed E-state index contributed by atoms with van der Waals surface area (Å²) in [6.07, 6.45) is 4.82. The molecule has 152 valence electrons. The normalized spacial score (nSPS) is 43.5. The molecule has 5 rings (SSSR count). The fraction of sp³-hybridized carbons (Fsp3) is 0.696. The van der Waals surface area contributed by atoms with Crippen LogP contribution in [0.25, 0.3) is 0 Å². The van der Waals surface area contributed by atoms with Gasteiger partial charge < -0.3 is 19.5 Å². The number of hydrogen-bond acceptors (Lipinski definition) is 5. The van der Waals surface area contributed by atoms with E-state index in [2.05, 4.69) is 25.2 Å². The zero-order chi connectivity index (χ0) is 19.5. The van der Waals surface area contributed by atoms with Gasteiger partial charge in [0.15, 0.2) is 0 Å². The highest BCUT2D eigenvalue weighted by Gasteiger charge is 2.78. The second-order valence-electron chi connectivity index (χ2n) is 9.49. The first-order valence-corrected chi connectivity index (χ1v) is 10.7. The first kappa shape index (κ1) is 18.4. The standard InChI is InChI=1S/C23H31NO4/c1-14-7-6-10-22(2)11-18-19(20-23(14,22)28-20)16(21(25)27-18)13-24-12-15-8-4-5-9-17(15)26-3/h4-5,8-9,14,16,18-20,24H,6-7,10-13H2,1-3H3. The molecule has 0 bridgehead atoms. The number of fused-ring (bicyclic) bond motifs is 2. The van der Waals surface area contributed by atoms with Crippen LogP contribution in [0.5, 0.6) is 5.75 Å². The second-order valence-corrected chi connectivity index (χ2v) is 9.49. The molecule has 2 heterocycles. The van der Waals surface area contributed by atoms with Crippen LogP contribution >= 0.6 is 0 Å². The van der Waals surface area contributed by atoms with Crippen LogP contribution in [-0.2, 0) is 20.8 Å². The summed E-state index contributed by atoms with van der Waals surface area (Å²) in [6.45, 7) is 6.00. The molecule has 7 atom stereocenters. The van der Waals surface area contributed by atoms with Gasteiger partial charge in [0.05, 0.1) is 19.1 Å². The van der Waals surface area contributed by atoms with E-state index >= 15 is 0 Å². The van der Waals surface area contributed by atoms with Gasteiger partial charge in [-0.05, 0) is 31.2 Å². The maximum absolute atomic E-state index is 12.7. The van der Waals surface area contributed by atoms with Crippen LogP contribution in [-0.4, -0.2) is 37.4 Å². The second kappa shape index (κ2) is 6.46. The van der Waals surface area contributed by atoms with E-state index in [0.29, 0.717) is 19.0 Å². The zero-order valence-electron chi connectivity index (χ0n) is 17.1. The Morgan fingerprint density at radius 2 is 2.14 bits per heavy atom. The number of methoxy groups -OCH3 is 1. The maximum Gasteiger partial charge on any atom is 0.311 e. The zero-order valence-corrected chi connectivity index (χ0v) is 17.1. The number of rotatable bonds is 5.